The fraction of sp³-hybridized carbons (Fsp3) is 0.636. The number of rotatable bonds is 2. The quantitative estimate of drug-likeness (QED) is 0.831. The van der Waals surface area contributed by atoms with Gasteiger partial charge >= 0.3 is 6.18 Å². The molecule has 0 saturated carbocycles. The summed E-state index contributed by atoms with van der Waals surface area (Å²) in [5, 5.41) is 12.6. The Balaban J connectivity index is 2.18. The molecule has 5 nitrogen and oxygen atoms in total. The molecule has 2 rings (SSSR count). The van der Waals surface area contributed by atoms with Crippen LogP contribution in [-0.2, 0) is 5.60 Å². The molecule has 0 aromatic carbocycles. The third-order valence-electron chi connectivity index (χ3n) is 3.15. The Morgan fingerprint density at radius 2 is 1.74 bits per heavy atom. The van der Waals surface area contributed by atoms with Crippen LogP contribution in [0.1, 0.15) is 12.5 Å². The standard InChI is InChI=1S/C11H15F3N4O/c1-10(19,11(12,13)14)8-6-16-9(17-7-8)18-4-2-15-3-5-18/h6-7,15,19H,2-5H2,1H3. The van der Waals surface area contributed by atoms with Gasteiger partial charge in [0.05, 0.1) is 0 Å². The Kier molecular flexibility index (Phi) is 3.64. The number of piperazine rings is 1. The van der Waals surface area contributed by atoms with Crippen molar-refractivity contribution in [1.82, 2.24) is 15.3 Å². The summed E-state index contributed by atoms with van der Waals surface area (Å²) >= 11 is 0. The molecular formula is C11H15F3N4O. The van der Waals surface area contributed by atoms with Gasteiger partial charge in [-0.2, -0.15) is 13.2 Å². The van der Waals surface area contributed by atoms with Gasteiger partial charge in [0, 0.05) is 44.1 Å². The van der Waals surface area contributed by atoms with E-state index in [1.165, 1.54) is 0 Å². The topological polar surface area (TPSA) is 61.3 Å². The second kappa shape index (κ2) is 4.93. The smallest absolute Gasteiger partial charge is 0.376 e. The number of halogens is 3. The molecule has 1 atom stereocenters. The van der Waals surface area contributed by atoms with Crippen LogP contribution in [0.4, 0.5) is 19.1 Å². The maximum absolute atomic E-state index is 12.7. The number of aliphatic hydroxyl groups is 1. The van der Waals surface area contributed by atoms with Gasteiger partial charge in [-0.3, -0.25) is 0 Å². The van der Waals surface area contributed by atoms with Crippen molar-refractivity contribution in [2.45, 2.75) is 18.7 Å². The molecule has 0 aliphatic carbocycles. The molecule has 1 saturated heterocycles. The summed E-state index contributed by atoms with van der Waals surface area (Å²) < 4.78 is 38.0. The lowest BCUT2D eigenvalue weighted by Gasteiger charge is -2.29. The Morgan fingerprint density at radius 1 is 1.21 bits per heavy atom. The molecular weight excluding hydrogens is 261 g/mol. The highest BCUT2D eigenvalue weighted by atomic mass is 19.4. The van der Waals surface area contributed by atoms with Gasteiger partial charge < -0.3 is 15.3 Å². The van der Waals surface area contributed by atoms with Crippen LogP contribution in [0.5, 0.6) is 0 Å². The first kappa shape index (κ1) is 14.0. The largest absolute Gasteiger partial charge is 0.421 e. The first-order valence-electron chi connectivity index (χ1n) is 5.89. The van der Waals surface area contributed by atoms with Crippen molar-refractivity contribution in [3.8, 4) is 0 Å². The molecule has 1 aromatic heterocycles. The van der Waals surface area contributed by atoms with Gasteiger partial charge in [-0.25, -0.2) is 9.97 Å². The molecule has 1 fully saturated rings. The highest BCUT2D eigenvalue weighted by Crippen LogP contribution is 2.37. The molecule has 2 heterocycles. The molecule has 2 N–H and O–H groups in total. The monoisotopic (exact) mass is 276 g/mol. The molecule has 0 radical (unpaired) electrons. The lowest BCUT2D eigenvalue weighted by molar-refractivity contribution is -0.259. The third kappa shape index (κ3) is 2.79. The van der Waals surface area contributed by atoms with Crippen LogP contribution < -0.4 is 10.2 Å². The SMILES string of the molecule is CC(O)(c1cnc(N2CCNCC2)nc1)C(F)(F)F. The zero-order chi connectivity index (χ0) is 14.1. The second-order valence-corrected chi connectivity index (χ2v) is 4.58. The van der Waals surface area contributed by atoms with Crippen LogP contribution in [0.15, 0.2) is 12.4 Å². The molecule has 8 heteroatoms. The van der Waals surface area contributed by atoms with Crippen molar-refractivity contribution in [2.75, 3.05) is 31.1 Å². The van der Waals surface area contributed by atoms with Crippen LogP contribution >= 0.6 is 0 Å². The minimum absolute atomic E-state index is 0.362. The molecule has 0 amide bonds. The average molecular weight is 276 g/mol. The van der Waals surface area contributed by atoms with Crippen molar-refractivity contribution in [1.29, 1.82) is 0 Å². The number of nitrogens with zero attached hydrogens (tertiary/aromatic N) is 3. The first-order chi connectivity index (χ1) is 8.82. The van der Waals surface area contributed by atoms with Crippen molar-refractivity contribution < 1.29 is 18.3 Å². The summed E-state index contributed by atoms with van der Waals surface area (Å²) in [7, 11) is 0. The Morgan fingerprint density at radius 3 is 2.21 bits per heavy atom. The Hall–Kier alpha value is -1.41. The van der Waals surface area contributed by atoms with Gasteiger partial charge in [0.25, 0.3) is 0 Å². The van der Waals surface area contributed by atoms with Crippen LogP contribution in [0.2, 0.25) is 0 Å². The zero-order valence-corrected chi connectivity index (χ0v) is 10.4. The van der Waals surface area contributed by atoms with Gasteiger partial charge in [-0.1, -0.05) is 0 Å². The van der Waals surface area contributed by atoms with E-state index in [1.54, 1.807) is 0 Å². The number of alkyl halides is 3. The highest BCUT2D eigenvalue weighted by Gasteiger charge is 2.51. The zero-order valence-electron chi connectivity index (χ0n) is 10.4. The van der Waals surface area contributed by atoms with E-state index in [0.29, 0.717) is 26.0 Å². The summed E-state index contributed by atoms with van der Waals surface area (Å²) in [5.41, 5.74) is -3.30. The second-order valence-electron chi connectivity index (χ2n) is 4.58. The van der Waals surface area contributed by atoms with Crippen molar-refractivity contribution in [2.24, 2.45) is 0 Å². The number of anilines is 1. The predicted molar refractivity (Wildman–Crippen MR) is 62.7 cm³/mol. The molecule has 1 unspecified atom stereocenters. The van der Waals surface area contributed by atoms with Crippen LogP contribution in [0.25, 0.3) is 0 Å². The number of hydrogen-bond acceptors (Lipinski definition) is 5. The lowest BCUT2D eigenvalue weighted by atomic mass is 9.99. The maximum Gasteiger partial charge on any atom is 0.421 e. The Labute approximate surface area is 108 Å². The lowest BCUT2D eigenvalue weighted by Crippen LogP contribution is -2.44. The maximum atomic E-state index is 12.7. The normalized spacial score (nSPS) is 20.2. The molecule has 0 bridgehead atoms. The summed E-state index contributed by atoms with van der Waals surface area (Å²) in [6.45, 7) is 3.66. The average Bonchev–Trinajstić information content (AvgIpc) is 2.39. The van der Waals surface area contributed by atoms with Crippen molar-refractivity contribution >= 4 is 5.95 Å². The first-order valence-corrected chi connectivity index (χ1v) is 5.89. The van der Waals surface area contributed by atoms with Crippen molar-refractivity contribution in [3.05, 3.63) is 18.0 Å². The van der Waals surface area contributed by atoms with Crippen molar-refractivity contribution in [3.63, 3.8) is 0 Å². The van der Waals surface area contributed by atoms with Crippen LogP contribution in [0, 0.1) is 0 Å². The van der Waals surface area contributed by atoms with Gasteiger partial charge in [0.2, 0.25) is 5.95 Å². The molecule has 1 aliphatic heterocycles. The van der Waals surface area contributed by atoms with E-state index < -0.39 is 11.8 Å². The summed E-state index contributed by atoms with van der Waals surface area (Å²) in [6, 6.07) is 0. The summed E-state index contributed by atoms with van der Waals surface area (Å²) in [5.74, 6) is 0.378. The molecule has 106 valence electrons. The van der Waals surface area contributed by atoms with E-state index in [2.05, 4.69) is 15.3 Å². The minimum Gasteiger partial charge on any atom is -0.376 e. The van der Waals surface area contributed by atoms with Gasteiger partial charge in [0.15, 0.2) is 5.60 Å². The van der Waals surface area contributed by atoms with E-state index >= 15 is 0 Å². The minimum atomic E-state index is -4.76. The van der Waals surface area contributed by atoms with Crippen LogP contribution in [0.3, 0.4) is 0 Å². The molecule has 1 aromatic rings. The third-order valence-corrected chi connectivity index (χ3v) is 3.15. The number of hydrogen-bond donors (Lipinski definition) is 2. The summed E-state index contributed by atoms with van der Waals surface area (Å²) in [4.78, 5) is 9.70. The predicted octanol–water partition coefficient (Wildman–Crippen LogP) is 0.656. The van der Waals surface area contributed by atoms with Gasteiger partial charge in [0.1, 0.15) is 0 Å². The fourth-order valence-electron chi connectivity index (χ4n) is 1.76. The van der Waals surface area contributed by atoms with E-state index in [4.69, 9.17) is 0 Å². The number of aromatic nitrogens is 2. The molecule has 19 heavy (non-hydrogen) atoms. The van der Waals surface area contributed by atoms with E-state index in [0.717, 1.165) is 25.5 Å². The van der Waals surface area contributed by atoms with Crippen LogP contribution in [-0.4, -0.2) is 47.4 Å². The van der Waals surface area contributed by atoms with E-state index in [-0.39, 0.29) is 5.56 Å². The summed E-state index contributed by atoms with van der Waals surface area (Å²) in [6.07, 6.45) is -2.71. The molecule has 0 spiro atoms. The molecule has 1 aliphatic rings. The van der Waals surface area contributed by atoms with E-state index in [9.17, 15) is 18.3 Å². The Bertz CT molecular complexity index is 427. The highest BCUT2D eigenvalue weighted by molar-refractivity contribution is 5.32. The van der Waals surface area contributed by atoms with Gasteiger partial charge in [-0.05, 0) is 6.92 Å². The number of nitrogens with one attached hydrogen (secondary N) is 1. The fourth-order valence-corrected chi connectivity index (χ4v) is 1.76. The van der Waals surface area contributed by atoms with Gasteiger partial charge in [-0.15, -0.1) is 0 Å². The van der Waals surface area contributed by atoms with E-state index in [1.807, 2.05) is 4.90 Å².